The van der Waals surface area contributed by atoms with Crippen molar-refractivity contribution >= 4 is 51.8 Å². The summed E-state index contributed by atoms with van der Waals surface area (Å²) in [6.45, 7) is 0. The van der Waals surface area contributed by atoms with Crippen LogP contribution in [0.2, 0.25) is 10.0 Å². The van der Waals surface area contributed by atoms with Gasteiger partial charge in [0, 0.05) is 30.4 Å². The molecule has 0 aliphatic rings. The van der Waals surface area contributed by atoms with Crippen molar-refractivity contribution in [2.75, 3.05) is 24.4 Å². The number of aromatic nitrogens is 3. The minimum atomic E-state index is -0.605. The minimum absolute atomic E-state index is 0.102. The second-order valence-electron chi connectivity index (χ2n) is 6.79. The Balaban J connectivity index is 1.66. The summed E-state index contributed by atoms with van der Waals surface area (Å²) in [6.07, 6.45) is 2.97. The zero-order valence-corrected chi connectivity index (χ0v) is 18.5. The maximum Gasteiger partial charge on any atom is 0.327 e. The lowest BCUT2D eigenvalue weighted by molar-refractivity contribution is 0.258. The Morgan fingerprint density at radius 2 is 1.97 bits per heavy atom. The van der Waals surface area contributed by atoms with E-state index < -0.39 is 11.6 Å². The normalized spacial score (nSPS) is 10.8. The molecule has 0 saturated carbocycles. The molecule has 2 amide bonds. The number of anilines is 2. The van der Waals surface area contributed by atoms with Gasteiger partial charge in [0.1, 0.15) is 17.1 Å². The molecule has 10 heteroatoms. The van der Waals surface area contributed by atoms with Gasteiger partial charge in [-0.2, -0.15) is 0 Å². The van der Waals surface area contributed by atoms with Gasteiger partial charge < -0.3 is 9.72 Å². The fourth-order valence-electron chi connectivity index (χ4n) is 3.16. The van der Waals surface area contributed by atoms with Crippen LogP contribution in [-0.4, -0.2) is 35.1 Å². The van der Waals surface area contributed by atoms with Crippen LogP contribution in [0.5, 0.6) is 5.75 Å². The molecule has 0 aliphatic heterocycles. The van der Waals surface area contributed by atoms with Gasteiger partial charge in [-0.3, -0.25) is 15.0 Å². The Kier molecular flexibility index (Phi) is 5.98. The number of methoxy groups -OCH3 is 1. The molecule has 0 bridgehead atoms. The molecule has 4 aromatic rings. The number of fused-ring (bicyclic) bond motifs is 1. The van der Waals surface area contributed by atoms with Crippen LogP contribution in [0.4, 0.5) is 16.3 Å². The number of nitrogens with zero attached hydrogens (tertiary/aromatic N) is 3. The highest BCUT2D eigenvalue weighted by atomic mass is 35.5. The predicted octanol–water partition coefficient (Wildman–Crippen LogP) is 4.97. The topological polar surface area (TPSA) is 100 Å². The van der Waals surface area contributed by atoms with Gasteiger partial charge in [0.15, 0.2) is 5.82 Å². The number of aromatic amines is 1. The highest BCUT2D eigenvalue weighted by Gasteiger charge is 2.20. The van der Waals surface area contributed by atoms with E-state index in [1.54, 1.807) is 49.7 Å². The molecular formula is C22H17Cl2N5O3. The van der Waals surface area contributed by atoms with Crippen LogP contribution in [0.3, 0.4) is 0 Å². The van der Waals surface area contributed by atoms with E-state index in [2.05, 4.69) is 20.3 Å². The number of ether oxygens (including phenoxy) is 1. The second kappa shape index (κ2) is 8.86. The molecule has 4 rings (SSSR count). The fourth-order valence-corrected chi connectivity index (χ4v) is 3.77. The Hall–Kier alpha value is -3.62. The number of hydrogen-bond donors (Lipinski definition) is 2. The van der Waals surface area contributed by atoms with Gasteiger partial charge in [0.05, 0.1) is 17.2 Å². The number of amides is 2. The Morgan fingerprint density at radius 3 is 2.75 bits per heavy atom. The molecular weight excluding hydrogens is 453 g/mol. The van der Waals surface area contributed by atoms with Crippen molar-refractivity contribution in [2.45, 2.75) is 0 Å². The summed E-state index contributed by atoms with van der Waals surface area (Å²) in [5.41, 5.74) is 1.31. The van der Waals surface area contributed by atoms with Gasteiger partial charge in [-0.05, 0) is 35.9 Å². The van der Waals surface area contributed by atoms with Crippen LogP contribution in [0.1, 0.15) is 0 Å². The third kappa shape index (κ3) is 4.10. The molecule has 0 unspecified atom stereocenters. The molecule has 0 aliphatic carbocycles. The molecule has 0 radical (unpaired) electrons. The molecule has 8 nitrogen and oxygen atoms in total. The SMILES string of the molecule is COc1cccc(-c2c(Cl)cnc(NC(=O)N(C)c3cc4cccnc4[nH]c3=O)c2Cl)c1. The van der Waals surface area contributed by atoms with Crippen molar-refractivity contribution < 1.29 is 9.53 Å². The number of rotatable bonds is 4. The van der Waals surface area contributed by atoms with Gasteiger partial charge in [-0.1, -0.05) is 35.3 Å². The van der Waals surface area contributed by atoms with Crippen LogP contribution >= 0.6 is 23.2 Å². The lowest BCUT2D eigenvalue weighted by atomic mass is 10.1. The average Bonchev–Trinajstić information content (AvgIpc) is 2.80. The van der Waals surface area contributed by atoms with E-state index in [4.69, 9.17) is 27.9 Å². The fraction of sp³-hybridized carbons (Fsp3) is 0.0909. The predicted molar refractivity (Wildman–Crippen MR) is 126 cm³/mol. The standard InChI is InChI=1S/C22H17Cl2N5O3/c1-29(16-10-13-6-4-8-25-19(13)27-21(16)30)22(31)28-20-18(24)17(15(23)11-26-20)12-5-3-7-14(9-12)32-2/h3-11H,1-2H3,(H,25,27,30)(H,26,28,31). The Labute approximate surface area is 192 Å². The third-order valence-electron chi connectivity index (χ3n) is 4.82. The van der Waals surface area contributed by atoms with E-state index in [1.807, 2.05) is 6.07 Å². The van der Waals surface area contributed by atoms with Crippen LogP contribution in [0, 0.1) is 0 Å². The van der Waals surface area contributed by atoms with Crippen molar-refractivity contribution in [3.05, 3.63) is 75.3 Å². The van der Waals surface area contributed by atoms with E-state index in [-0.39, 0.29) is 16.5 Å². The maximum atomic E-state index is 12.9. The van der Waals surface area contributed by atoms with E-state index in [0.717, 1.165) is 0 Å². The number of halogens is 2. The number of pyridine rings is 3. The van der Waals surface area contributed by atoms with Gasteiger partial charge in [-0.25, -0.2) is 14.8 Å². The van der Waals surface area contributed by atoms with E-state index in [9.17, 15) is 9.59 Å². The summed E-state index contributed by atoms with van der Waals surface area (Å²) in [4.78, 5) is 37.4. The molecule has 0 saturated heterocycles. The van der Waals surface area contributed by atoms with Crippen LogP contribution < -0.4 is 20.5 Å². The van der Waals surface area contributed by atoms with Gasteiger partial charge in [0.2, 0.25) is 0 Å². The summed E-state index contributed by atoms with van der Waals surface area (Å²) < 4.78 is 5.26. The van der Waals surface area contributed by atoms with Crippen LogP contribution in [0.25, 0.3) is 22.2 Å². The molecule has 162 valence electrons. The molecule has 0 spiro atoms. The summed E-state index contributed by atoms with van der Waals surface area (Å²) in [5, 5.41) is 3.79. The van der Waals surface area contributed by atoms with E-state index >= 15 is 0 Å². The zero-order valence-electron chi connectivity index (χ0n) is 17.0. The van der Waals surface area contributed by atoms with Crippen LogP contribution in [-0.2, 0) is 0 Å². The number of benzene rings is 1. The van der Waals surface area contributed by atoms with Crippen molar-refractivity contribution in [1.82, 2.24) is 15.0 Å². The highest BCUT2D eigenvalue weighted by molar-refractivity contribution is 6.40. The number of urea groups is 1. The summed E-state index contributed by atoms with van der Waals surface area (Å²) in [5.74, 6) is 0.728. The summed E-state index contributed by atoms with van der Waals surface area (Å²) in [7, 11) is 3.02. The number of carbonyl (C=O) groups excluding carboxylic acids is 1. The van der Waals surface area contributed by atoms with E-state index in [1.165, 1.54) is 18.1 Å². The molecule has 2 N–H and O–H groups in total. The van der Waals surface area contributed by atoms with Gasteiger partial charge >= 0.3 is 6.03 Å². The first kappa shape index (κ1) is 21.6. The number of H-pyrrole nitrogens is 1. The van der Waals surface area contributed by atoms with Crippen molar-refractivity contribution in [1.29, 1.82) is 0 Å². The minimum Gasteiger partial charge on any atom is -0.497 e. The number of hydrogen-bond acceptors (Lipinski definition) is 5. The summed E-state index contributed by atoms with van der Waals surface area (Å²) >= 11 is 12.9. The monoisotopic (exact) mass is 469 g/mol. The Bertz CT molecular complexity index is 1390. The first-order valence-corrected chi connectivity index (χ1v) is 10.2. The number of nitrogens with one attached hydrogen (secondary N) is 2. The molecule has 1 aromatic carbocycles. The summed E-state index contributed by atoms with van der Waals surface area (Å²) in [6, 6.07) is 11.7. The molecule has 32 heavy (non-hydrogen) atoms. The lowest BCUT2D eigenvalue weighted by Gasteiger charge is -2.18. The third-order valence-corrected chi connectivity index (χ3v) is 5.47. The van der Waals surface area contributed by atoms with Crippen molar-refractivity contribution in [2.24, 2.45) is 0 Å². The molecule has 0 fully saturated rings. The largest absolute Gasteiger partial charge is 0.497 e. The van der Waals surface area contributed by atoms with Crippen molar-refractivity contribution in [3.63, 3.8) is 0 Å². The van der Waals surface area contributed by atoms with Gasteiger partial charge in [0.25, 0.3) is 5.56 Å². The van der Waals surface area contributed by atoms with Crippen LogP contribution in [0.15, 0.2) is 59.7 Å². The molecule has 3 aromatic heterocycles. The first-order chi connectivity index (χ1) is 15.4. The highest BCUT2D eigenvalue weighted by Crippen LogP contribution is 2.39. The first-order valence-electron chi connectivity index (χ1n) is 9.40. The average molecular weight is 470 g/mol. The van der Waals surface area contributed by atoms with Gasteiger partial charge in [-0.15, -0.1) is 0 Å². The van der Waals surface area contributed by atoms with Crippen molar-refractivity contribution in [3.8, 4) is 16.9 Å². The zero-order chi connectivity index (χ0) is 22.8. The number of carbonyl (C=O) groups is 1. The quantitative estimate of drug-likeness (QED) is 0.439. The molecule has 3 heterocycles. The lowest BCUT2D eigenvalue weighted by Crippen LogP contribution is -2.35. The maximum absolute atomic E-state index is 12.9. The molecule has 0 atom stereocenters. The second-order valence-corrected chi connectivity index (χ2v) is 7.57. The van der Waals surface area contributed by atoms with E-state index in [0.29, 0.717) is 32.9 Å². The Morgan fingerprint density at radius 1 is 1.16 bits per heavy atom. The smallest absolute Gasteiger partial charge is 0.327 e.